The van der Waals surface area contributed by atoms with Crippen LogP contribution in [0.5, 0.6) is 5.75 Å². The Labute approximate surface area is 204 Å². The van der Waals surface area contributed by atoms with E-state index >= 15 is 0 Å². The minimum Gasteiger partial charge on any atom is -0.507 e. The van der Waals surface area contributed by atoms with Crippen LogP contribution in [-0.2, 0) is 14.3 Å². The first-order chi connectivity index (χ1) is 16.4. The molecule has 1 aliphatic rings. The number of hydrogen-bond acceptors (Lipinski definition) is 9. The van der Waals surface area contributed by atoms with E-state index in [0.29, 0.717) is 28.5 Å². The predicted octanol–water partition coefficient (Wildman–Crippen LogP) is 4.71. The van der Waals surface area contributed by atoms with Gasteiger partial charge in [-0.2, -0.15) is 0 Å². The summed E-state index contributed by atoms with van der Waals surface area (Å²) >= 11 is 2.31. The minimum absolute atomic E-state index is 0.0486. The molecular formula is C24H22N2O6S2. The van der Waals surface area contributed by atoms with Gasteiger partial charge >= 0.3 is 11.9 Å². The molecular weight excluding hydrogens is 476 g/mol. The van der Waals surface area contributed by atoms with Gasteiger partial charge in [0, 0.05) is 10.4 Å². The number of thiazole rings is 1. The second-order valence-electron chi connectivity index (χ2n) is 7.46. The molecule has 1 N–H and O–H groups in total. The lowest BCUT2D eigenvalue weighted by molar-refractivity contribution is -0.132. The quantitative estimate of drug-likeness (QED) is 0.218. The smallest absolute Gasteiger partial charge is 0.350 e. The Morgan fingerprint density at radius 3 is 2.71 bits per heavy atom. The Hall–Kier alpha value is -3.50. The Balaban J connectivity index is 1.85. The molecule has 1 aliphatic heterocycles. The third kappa shape index (κ3) is 4.22. The van der Waals surface area contributed by atoms with E-state index in [4.69, 9.17) is 9.47 Å². The fourth-order valence-corrected chi connectivity index (χ4v) is 5.46. The largest absolute Gasteiger partial charge is 0.507 e. The number of thiophene rings is 1. The van der Waals surface area contributed by atoms with Gasteiger partial charge in [-0.3, -0.25) is 14.5 Å². The number of nitrogens with zero attached hydrogens (tertiary/aromatic N) is 2. The van der Waals surface area contributed by atoms with E-state index in [1.54, 1.807) is 43.3 Å². The summed E-state index contributed by atoms with van der Waals surface area (Å²) in [6, 6.07) is 9.44. The van der Waals surface area contributed by atoms with Gasteiger partial charge in [-0.25, -0.2) is 9.78 Å². The van der Waals surface area contributed by atoms with Crippen LogP contribution in [0.15, 0.2) is 47.4 Å². The van der Waals surface area contributed by atoms with Gasteiger partial charge in [0.2, 0.25) is 0 Å². The van der Waals surface area contributed by atoms with Crippen LogP contribution < -0.4 is 9.64 Å². The molecule has 4 rings (SSSR count). The molecule has 3 aromatic rings. The summed E-state index contributed by atoms with van der Waals surface area (Å²) in [5.41, 5.74) is 0.700. The van der Waals surface area contributed by atoms with Crippen molar-refractivity contribution in [2.45, 2.75) is 26.3 Å². The highest BCUT2D eigenvalue weighted by atomic mass is 32.1. The van der Waals surface area contributed by atoms with E-state index in [1.807, 2.05) is 12.3 Å². The number of aryl methyl sites for hydroxylation is 1. The average Bonchev–Trinajstić information content (AvgIpc) is 3.56. The Morgan fingerprint density at radius 2 is 2.03 bits per heavy atom. The number of ether oxygens (including phenoxy) is 2. The van der Waals surface area contributed by atoms with Crippen molar-refractivity contribution >= 4 is 51.2 Å². The molecule has 0 spiro atoms. The lowest BCUT2D eigenvalue weighted by Gasteiger charge is -2.21. The number of aromatic nitrogens is 1. The zero-order valence-corrected chi connectivity index (χ0v) is 20.4. The van der Waals surface area contributed by atoms with E-state index in [0.717, 1.165) is 17.8 Å². The summed E-state index contributed by atoms with van der Waals surface area (Å²) in [5.74, 6) is -1.99. The maximum Gasteiger partial charge on any atom is 0.350 e. The van der Waals surface area contributed by atoms with Crippen LogP contribution in [-0.4, -0.2) is 41.5 Å². The van der Waals surface area contributed by atoms with E-state index < -0.39 is 23.7 Å². The molecule has 1 unspecified atom stereocenters. The molecule has 1 aromatic carbocycles. The van der Waals surface area contributed by atoms with Gasteiger partial charge in [-0.05, 0) is 36.9 Å². The normalized spacial score (nSPS) is 17.3. The molecule has 1 amide bonds. The number of aliphatic hydroxyl groups excluding tert-OH is 1. The summed E-state index contributed by atoms with van der Waals surface area (Å²) in [4.78, 5) is 45.0. The van der Waals surface area contributed by atoms with Gasteiger partial charge < -0.3 is 14.6 Å². The number of aliphatic hydroxyl groups is 1. The van der Waals surface area contributed by atoms with Crippen LogP contribution in [0.2, 0.25) is 0 Å². The first-order valence-corrected chi connectivity index (χ1v) is 12.2. The van der Waals surface area contributed by atoms with E-state index in [2.05, 4.69) is 4.98 Å². The van der Waals surface area contributed by atoms with Crippen molar-refractivity contribution in [1.29, 1.82) is 0 Å². The average molecular weight is 499 g/mol. The topological polar surface area (TPSA) is 106 Å². The summed E-state index contributed by atoms with van der Waals surface area (Å²) in [5, 5.41) is 13.2. The number of anilines is 1. The lowest BCUT2D eigenvalue weighted by Crippen LogP contribution is -2.29. The third-order valence-corrected chi connectivity index (χ3v) is 7.26. The zero-order valence-electron chi connectivity index (χ0n) is 18.7. The maximum atomic E-state index is 13.2. The number of carbonyl (C=O) groups excluding carboxylic acids is 3. The van der Waals surface area contributed by atoms with E-state index in [-0.39, 0.29) is 21.3 Å². The highest BCUT2D eigenvalue weighted by Gasteiger charge is 2.49. The molecule has 10 heteroatoms. The van der Waals surface area contributed by atoms with Crippen molar-refractivity contribution in [2.75, 3.05) is 18.6 Å². The molecule has 176 valence electrons. The van der Waals surface area contributed by atoms with Crippen LogP contribution in [0, 0.1) is 6.92 Å². The molecule has 1 saturated heterocycles. The Bertz CT molecular complexity index is 1280. The number of Topliss-reactive ketones (excluding diaryl/α,β-unsaturated/α-hetero) is 1. The molecule has 2 aromatic heterocycles. The molecule has 0 saturated carbocycles. The number of carbonyl (C=O) groups is 3. The lowest BCUT2D eigenvalue weighted by atomic mass is 10.00. The number of hydrogen-bond donors (Lipinski definition) is 1. The van der Waals surface area contributed by atoms with Gasteiger partial charge in [0.25, 0.3) is 5.78 Å². The van der Waals surface area contributed by atoms with Gasteiger partial charge in [0.15, 0.2) is 5.13 Å². The fraction of sp³-hybridized carbons (Fsp3) is 0.250. The second kappa shape index (κ2) is 9.78. The minimum atomic E-state index is -0.892. The van der Waals surface area contributed by atoms with Gasteiger partial charge in [-0.15, -0.1) is 11.3 Å². The molecule has 1 atom stereocenters. The SMILES string of the molecule is CCCOc1cccc(/C(O)=C2\C(=O)C(=O)N(c3nc(C)c(C(=O)OC)s3)C2c2cccs2)c1. The van der Waals surface area contributed by atoms with Crippen molar-refractivity contribution in [2.24, 2.45) is 0 Å². The first-order valence-electron chi connectivity index (χ1n) is 10.5. The number of esters is 1. The summed E-state index contributed by atoms with van der Waals surface area (Å²) in [6.07, 6.45) is 0.820. The molecule has 1 fully saturated rings. The number of methoxy groups -OCH3 is 1. The van der Waals surface area contributed by atoms with E-state index in [1.165, 1.54) is 23.3 Å². The monoisotopic (exact) mass is 498 g/mol. The zero-order chi connectivity index (χ0) is 24.4. The van der Waals surface area contributed by atoms with Crippen LogP contribution in [0.4, 0.5) is 5.13 Å². The molecule has 0 radical (unpaired) electrons. The van der Waals surface area contributed by atoms with Gasteiger partial charge in [-0.1, -0.05) is 36.5 Å². The maximum absolute atomic E-state index is 13.2. The summed E-state index contributed by atoms with van der Waals surface area (Å²) in [7, 11) is 1.26. The van der Waals surface area contributed by atoms with Crippen molar-refractivity contribution < 1.29 is 29.0 Å². The van der Waals surface area contributed by atoms with Crippen molar-refractivity contribution in [3.8, 4) is 5.75 Å². The third-order valence-electron chi connectivity index (χ3n) is 5.20. The second-order valence-corrected chi connectivity index (χ2v) is 9.42. The molecule has 8 nitrogen and oxygen atoms in total. The Kier molecular flexibility index (Phi) is 6.80. The molecule has 34 heavy (non-hydrogen) atoms. The van der Waals surface area contributed by atoms with Crippen LogP contribution >= 0.6 is 22.7 Å². The highest BCUT2D eigenvalue weighted by Crippen LogP contribution is 2.45. The molecule has 0 aliphatic carbocycles. The van der Waals surface area contributed by atoms with Crippen molar-refractivity contribution in [3.63, 3.8) is 0 Å². The van der Waals surface area contributed by atoms with Gasteiger partial charge in [0.1, 0.15) is 22.4 Å². The van der Waals surface area contributed by atoms with Crippen LogP contribution in [0.25, 0.3) is 5.76 Å². The number of rotatable bonds is 7. The summed E-state index contributed by atoms with van der Waals surface area (Å²) in [6.45, 7) is 4.12. The molecule has 3 heterocycles. The first kappa shape index (κ1) is 23.7. The predicted molar refractivity (Wildman–Crippen MR) is 130 cm³/mol. The van der Waals surface area contributed by atoms with Crippen molar-refractivity contribution in [3.05, 3.63) is 68.4 Å². The van der Waals surface area contributed by atoms with E-state index in [9.17, 15) is 19.5 Å². The Morgan fingerprint density at radius 1 is 1.24 bits per heavy atom. The van der Waals surface area contributed by atoms with Gasteiger partial charge in [0.05, 0.1) is 25.0 Å². The number of benzene rings is 1. The standard InChI is InChI=1S/C24H22N2O6S2/c1-4-10-32-15-8-5-7-14(12-15)19(27)17-18(16-9-6-11-33-16)26(22(29)20(17)28)24-25-13(2)21(34-24)23(30)31-3/h5-9,11-12,18,27H,4,10H2,1-3H3/b19-17+. The van der Waals surface area contributed by atoms with Crippen LogP contribution in [0.3, 0.4) is 0 Å². The fourth-order valence-electron chi connectivity index (χ4n) is 3.62. The van der Waals surface area contributed by atoms with Crippen molar-refractivity contribution in [1.82, 2.24) is 4.98 Å². The summed E-state index contributed by atoms with van der Waals surface area (Å²) < 4.78 is 10.4. The number of ketones is 1. The molecule has 0 bridgehead atoms. The highest BCUT2D eigenvalue weighted by molar-refractivity contribution is 7.18. The number of amides is 1. The van der Waals surface area contributed by atoms with Crippen LogP contribution in [0.1, 0.15) is 45.2 Å².